The zero-order valence-electron chi connectivity index (χ0n) is 24.0. The van der Waals surface area contributed by atoms with Crippen molar-refractivity contribution in [1.82, 2.24) is 9.55 Å². The molecule has 2 aliphatic carbocycles. The third-order valence-corrected chi connectivity index (χ3v) is 8.21. The van der Waals surface area contributed by atoms with Crippen LogP contribution >= 0.6 is 0 Å². The second kappa shape index (κ2) is 14.3. The third-order valence-electron chi connectivity index (χ3n) is 7.49. The molecule has 3 atom stereocenters. The van der Waals surface area contributed by atoms with Crippen molar-refractivity contribution in [2.45, 2.75) is 63.3 Å². The summed E-state index contributed by atoms with van der Waals surface area (Å²) in [5.41, 5.74) is 5.13. The summed E-state index contributed by atoms with van der Waals surface area (Å²) in [6.07, 6.45) is 9.45. The van der Waals surface area contributed by atoms with E-state index in [0.29, 0.717) is 17.4 Å². The molecule has 3 aromatic carbocycles. The number of aromatic nitrogens is 2. The average molecular weight is 575 g/mol. The van der Waals surface area contributed by atoms with E-state index < -0.39 is 16.8 Å². The van der Waals surface area contributed by atoms with Crippen LogP contribution in [0.4, 0.5) is 10.1 Å². The lowest BCUT2D eigenvalue weighted by atomic mass is 9.91. The highest BCUT2D eigenvalue weighted by atomic mass is 32.2. The molecule has 1 saturated carbocycles. The van der Waals surface area contributed by atoms with Gasteiger partial charge in [-0.2, -0.15) is 0 Å². The lowest BCUT2D eigenvalue weighted by molar-refractivity contribution is -0.120. The van der Waals surface area contributed by atoms with Crippen LogP contribution in [0.5, 0.6) is 0 Å². The van der Waals surface area contributed by atoms with E-state index in [4.69, 9.17) is 5.14 Å². The number of benzene rings is 3. The predicted molar refractivity (Wildman–Crippen MR) is 163 cm³/mol. The number of anilines is 1. The highest BCUT2D eigenvalue weighted by Crippen LogP contribution is 2.49. The Bertz CT molecular complexity index is 1470. The number of rotatable bonds is 6. The van der Waals surface area contributed by atoms with E-state index in [1.165, 1.54) is 47.7 Å². The minimum Gasteiger partial charge on any atom is -0.337 e. The summed E-state index contributed by atoms with van der Waals surface area (Å²) in [5, 5.41) is 4.99. The summed E-state index contributed by atoms with van der Waals surface area (Å²) < 4.78 is 24.9. The van der Waals surface area contributed by atoms with Crippen LogP contribution in [0.25, 0.3) is 0 Å². The SMILES string of the molecule is CC.Cn1ccnc1CN(C(=O)[C@H]1C[C@@H]1c1ccccc1)c1ccc2c(c1)CCCC2.NS(=O)c1cccc(F)c1. The van der Waals surface area contributed by atoms with Gasteiger partial charge in [0.05, 0.1) is 11.4 Å². The van der Waals surface area contributed by atoms with Crippen molar-refractivity contribution in [1.29, 1.82) is 0 Å². The molecular weight excluding hydrogens is 535 g/mol. The first-order valence-corrected chi connectivity index (χ1v) is 15.5. The quantitative estimate of drug-likeness (QED) is 0.287. The molecule has 1 aromatic heterocycles. The number of aryl methyl sites for hydroxylation is 3. The van der Waals surface area contributed by atoms with Gasteiger partial charge in [0.2, 0.25) is 5.91 Å². The number of nitrogens with zero attached hydrogens (tertiary/aromatic N) is 3. The van der Waals surface area contributed by atoms with Crippen LogP contribution in [0.15, 0.2) is 90.1 Å². The molecule has 0 aliphatic heterocycles. The van der Waals surface area contributed by atoms with Gasteiger partial charge in [0, 0.05) is 31.0 Å². The first-order chi connectivity index (χ1) is 19.9. The summed E-state index contributed by atoms with van der Waals surface area (Å²) in [7, 11) is 0.409. The summed E-state index contributed by atoms with van der Waals surface area (Å²) in [4.78, 5) is 20.3. The maximum atomic E-state index is 13.6. The third kappa shape index (κ3) is 7.77. The first-order valence-electron chi connectivity index (χ1n) is 14.3. The van der Waals surface area contributed by atoms with E-state index in [2.05, 4.69) is 47.4 Å². The fourth-order valence-electron chi connectivity index (χ4n) is 5.20. The van der Waals surface area contributed by atoms with Gasteiger partial charge in [0.15, 0.2) is 0 Å². The Morgan fingerprint density at radius 3 is 2.39 bits per heavy atom. The zero-order chi connectivity index (χ0) is 29.4. The fourth-order valence-corrected chi connectivity index (χ4v) is 5.64. The van der Waals surface area contributed by atoms with Crippen LogP contribution in [0.2, 0.25) is 0 Å². The number of carbonyl (C=O) groups is 1. The van der Waals surface area contributed by atoms with Gasteiger partial charge in [-0.1, -0.05) is 56.3 Å². The molecule has 41 heavy (non-hydrogen) atoms. The summed E-state index contributed by atoms with van der Waals surface area (Å²) >= 11 is 0. The minimum atomic E-state index is -1.58. The number of fused-ring (bicyclic) bond motifs is 1. The summed E-state index contributed by atoms with van der Waals surface area (Å²) in [5.74, 6) is 1.11. The van der Waals surface area contributed by atoms with Gasteiger partial charge in [0.1, 0.15) is 22.6 Å². The monoisotopic (exact) mass is 574 g/mol. The van der Waals surface area contributed by atoms with Gasteiger partial charge in [-0.3, -0.25) is 4.79 Å². The number of imidazole rings is 1. The Balaban J connectivity index is 0.000000273. The second-order valence-corrected chi connectivity index (χ2v) is 11.2. The van der Waals surface area contributed by atoms with Crippen LogP contribution in [0.1, 0.15) is 61.5 Å². The van der Waals surface area contributed by atoms with E-state index in [0.717, 1.165) is 36.8 Å². The largest absolute Gasteiger partial charge is 0.337 e. The minimum absolute atomic E-state index is 0.0636. The van der Waals surface area contributed by atoms with Crippen molar-refractivity contribution in [2.75, 3.05) is 4.90 Å². The number of hydrogen-bond acceptors (Lipinski definition) is 3. The number of nitrogens with two attached hydrogens (primary N) is 1. The molecule has 4 aromatic rings. The van der Waals surface area contributed by atoms with Crippen LogP contribution < -0.4 is 10.0 Å². The molecule has 1 heterocycles. The molecule has 1 amide bonds. The van der Waals surface area contributed by atoms with Crippen molar-refractivity contribution in [3.8, 4) is 0 Å². The molecule has 6 rings (SSSR count). The molecule has 0 radical (unpaired) electrons. The molecule has 1 fully saturated rings. The predicted octanol–water partition coefficient (Wildman–Crippen LogP) is 6.47. The van der Waals surface area contributed by atoms with E-state index in [9.17, 15) is 13.4 Å². The Morgan fingerprint density at radius 2 is 1.76 bits per heavy atom. The van der Waals surface area contributed by atoms with Crippen molar-refractivity contribution < 1.29 is 13.4 Å². The normalized spacial score (nSPS) is 17.6. The topological polar surface area (TPSA) is 81.2 Å². The van der Waals surface area contributed by atoms with Gasteiger partial charge >= 0.3 is 0 Å². The first kappa shape index (κ1) is 30.3. The summed E-state index contributed by atoms with van der Waals surface area (Å²) in [6.45, 7) is 4.51. The Labute approximate surface area is 245 Å². The van der Waals surface area contributed by atoms with Crippen molar-refractivity contribution in [3.05, 3.63) is 114 Å². The highest BCUT2D eigenvalue weighted by molar-refractivity contribution is 7.82. The molecular formula is C33H39FN4O2S. The smallest absolute Gasteiger partial charge is 0.231 e. The number of hydrogen-bond donors (Lipinski definition) is 1. The van der Waals surface area contributed by atoms with Crippen LogP contribution in [0.3, 0.4) is 0 Å². The van der Waals surface area contributed by atoms with Crippen LogP contribution in [-0.4, -0.2) is 19.7 Å². The van der Waals surface area contributed by atoms with Gasteiger partial charge in [-0.05, 0) is 85.0 Å². The molecule has 1 unspecified atom stereocenters. The molecule has 8 heteroatoms. The average Bonchev–Trinajstić information content (AvgIpc) is 3.71. The number of carbonyl (C=O) groups excluding carboxylic acids is 1. The molecule has 2 aliphatic rings. The van der Waals surface area contributed by atoms with Crippen LogP contribution in [-0.2, 0) is 42.2 Å². The summed E-state index contributed by atoms with van der Waals surface area (Å²) in [6, 6.07) is 22.4. The Morgan fingerprint density at radius 1 is 1.02 bits per heavy atom. The van der Waals surface area contributed by atoms with Crippen molar-refractivity contribution in [3.63, 3.8) is 0 Å². The maximum absolute atomic E-state index is 13.6. The van der Waals surface area contributed by atoms with Gasteiger partial charge in [-0.15, -0.1) is 0 Å². The van der Waals surface area contributed by atoms with E-state index >= 15 is 0 Å². The molecule has 0 saturated heterocycles. The Hall–Kier alpha value is -3.62. The molecule has 2 N–H and O–H groups in total. The van der Waals surface area contributed by atoms with E-state index in [1.807, 2.05) is 42.6 Å². The van der Waals surface area contributed by atoms with Crippen molar-refractivity contribution >= 4 is 22.6 Å². The fraction of sp³-hybridized carbons (Fsp3) is 0.333. The standard InChI is InChI=1S/C25H27N3O.C6H6FNOS.C2H6/c1-27-14-13-26-24(27)17-28(21-12-11-18-7-5-6-10-20(18)15-21)25(29)23-16-22(23)19-8-3-2-4-9-19;7-5-2-1-3-6(4-5)10(8)9;1-2/h2-4,8-9,11-15,22-23H,5-7,10,16-17H2,1H3;1-4H,8H2;1-2H3/t22-,23+;;/m1../s1. The van der Waals surface area contributed by atoms with E-state index in [-0.39, 0.29) is 11.8 Å². The molecule has 216 valence electrons. The number of amides is 1. The Kier molecular flexibility index (Phi) is 10.6. The molecule has 0 spiro atoms. The van der Waals surface area contributed by atoms with E-state index in [1.54, 1.807) is 6.20 Å². The van der Waals surface area contributed by atoms with Gasteiger partial charge in [-0.25, -0.2) is 18.7 Å². The number of halogens is 1. The zero-order valence-corrected chi connectivity index (χ0v) is 24.8. The van der Waals surface area contributed by atoms with Crippen molar-refractivity contribution in [2.24, 2.45) is 18.1 Å². The molecule has 6 nitrogen and oxygen atoms in total. The lowest BCUT2D eigenvalue weighted by Crippen LogP contribution is -2.33. The van der Waals surface area contributed by atoms with Gasteiger partial charge < -0.3 is 9.47 Å². The second-order valence-electron chi connectivity index (χ2n) is 10.2. The van der Waals surface area contributed by atoms with Gasteiger partial charge in [0.25, 0.3) is 0 Å². The maximum Gasteiger partial charge on any atom is 0.231 e. The molecule has 0 bridgehead atoms. The van der Waals surface area contributed by atoms with Crippen LogP contribution in [0, 0.1) is 11.7 Å². The lowest BCUT2D eigenvalue weighted by Gasteiger charge is -2.25. The highest BCUT2D eigenvalue weighted by Gasteiger charge is 2.46.